The highest BCUT2D eigenvalue weighted by Gasteiger charge is 2.08. The Hall–Kier alpha value is -0.990. The molecule has 0 bridgehead atoms. The van der Waals surface area contributed by atoms with Gasteiger partial charge in [0.25, 0.3) is 0 Å². The molecular weight excluding hydrogens is 235 g/mol. The summed E-state index contributed by atoms with van der Waals surface area (Å²) >= 11 is 11.8. The van der Waals surface area contributed by atoms with E-state index < -0.39 is 5.97 Å². The van der Waals surface area contributed by atoms with Crippen molar-refractivity contribution in [2.45, 2.75) is 13.3 Å². The lowest BCUT2D eigenvalue weighted by Crippen LogP contribution is -1.93. The van der Waals surface area contributed by atoms with Gasteiger partial charge in [0.1, 0.15) is 0 Å². The van der Waals surface area contributed by atoms with Gasteiger partial charge in [0, 0.05) is 6.08 Å². The zero-order valence-electron chi connectivity index (χ0n) is 8.13. The minimum atomic E-state index is -0.983. The molecule has 0 spiro atoms. The van der Waals surface area contributed by atoms with Gasteiger partial charge < -0.3 is 5.11 Å². The van der Waals surface area contributed by atoms with Crippen LogP contribution in [0.2, 0.25) is 10.0 Å². The largest absolute Gasteiger partial charge is 0.478 e. The smallest absolute Gasteiger partial charge is 0.328 e. The predicted molar refractivity (Wildman–Crippen MR) is 62.4 cm³/mol. The summed E-state index contributed by atoms with van der Waals surface area (Å²) in [6, 6.07) is 5.17. The zero-order valence-corrected chi connectivity index (χ0v) is 9.64. The van der Waals surface area contributed by atoms with Crippen LogP contribution in [0.3, 0.4) is 0 Å². The van der Waals surface area contributed by atoms with Crippen LogP contribution in [0.5, 0.6) is 0 Å². The Kier molecular flexibility index (Phi) is 4.18. The molecule has 0 fully saturated rings. The number of carbonyl (C=O) groups is 1. The number of rotatable bonds is 3. The molecule has 0 aromatic heterocycles. The number of hydrogen-bond donors (Lipinski definition) is 1. The molecule has 1 N–H and O–H groups in total. The Morgan fingerprint density at radius 1 is 1.47 bits per heavy atom. The average molecular weight is 245 g/mol. The first-order valence-corrected chi connectivity index (χ1v) is 5.19. The van der Waals surface area contributed by atoms with Gasteiger partial charge in [-0.3, -0.25) is 0 Å². The van der Waals surface area contributed by atoms with Gasteiger partial charge in [0.15, 0.2) is 0 Å². The highest BCUT2D eigenvalue weighted by Crippen LogP contribution is 2.31. The first-order valence-electron chi connectivity index (χ1n) is 4.44. The van der Waals surface area contributed by atoms with E-state index in [2.05, 4.69) is 0 Å². The molecule has 15 heavy (non-hydrogen) atoms. The van der Waals surface area contributed by atoms with Crippen molar-refractivity contribution in [3.63, 3.8) is 0 Å². The van der Waals surface area contributed by atoms with Crippen LogP contribution >= 0.6 is 23.2 Å². The first-order chi connectivity index (χ1) is 7.06. The fraction of sp³-hybridized carbons (Fsp3) is 0.182. The lowest BCUT2D eigenvalue weighted by atomic mass is 10.0. The molecule has 1 aromatic rings. The second-order valence-electron chi connectivity index (χ2n) is 2.96. The quantitative estimate of drug-likeness (QED) is 0.820. The van der Waals surface area contributed by atoms with Gasteiger partial charge >= 0.3 is 5.97 Å². The molecule has 0 unspecified atom stereocenters. The van der Waals surface area contributed by atoms with E-state index in [0.717, 1.165) is 6.08 Å². The molecule has 80 valence electrons. The summed E-state index contributed by atoms with van der Waals surface area (Å²) < 4.78 is 0. The molecule has 0 aliphatic rings. The van der Waals surface area contributed by atoms with E-state index in [9.17, 15) is 4.79 Å². The lowest BCUT2D eigenvalue weighted by molar-refractivity contribution is -0.131. The molecule has 2 nitrogen and oxygen atoms in total. The van der Waals surface area contributed by atoms with Gasteiger partial charge in [0.05, 0.1) is 10.0 Å². The summed E-state index contributed by atoms with van der Waals surface area (Å²) in [6.45, 7) is 1.87. The molecule has 0 radical (unpaired) electrons. The van der Waals surface area contributed by atoms with Crippen molar-refractivity contribution < 1.29 is 9.90 Å². The minimum absolute atomic E-state index is 0.397. The molecule has 0 saturated heterocycles. The van der Waals surface area contributed by atoms with E-state index in [-0.39, 0.29) is 0 Å². The Morgan fingerprint density at radius 3 is 2.67 bits per heavy atom. The lowest BCUT2D eigenvalue weighted by Gasteiger charge is -2.07. The van der Waals surface area contributed by atoms with E-state index in [4.69, 9.17) is 28.3 Å². The van der Waals surface area contributed by atoms with Crippen LogP contribution < -0.4 is 0 Å². The molecule has 1 aromatic carbocycles. The average Bonchev–Trinajstić information content (AvgIpc) is 2.19. The first kappa shape index (κ1) is 12.1. The molecule has 0 amide bonds. The third-order valence-electron chi connectivity index (χ3n) is 1.98. The second-order valence-corrected chi connectivity index (χ2v) is 3.75. The third-order valence-corrected chi connectivity index (χ3v) is 2.80. The Bertz CT molecular complexity index is 411. The number of hydrogen-bond acceptors (Lipinski definition) is 1. The topological polar surface area (TPSA) is 37.3 Å². The number of allylic oxidation sites excluding steroid dienone is 1. The molecule has 0 heterocycles. The van der Waals surface area contributed by atoms with Crippen LogP contribution in [-0.4, -0.2) is 11.1 Å². The van der Waals surface area contributed by atoms with E-state index in [0.29, 0.717) is 27.6 Å². The van der Waals surface area contributed by atoms with Crippen LogP contribution in [0.25, 0.3) is 5.57 Å². The van der Waals surface area contributed by atoms with Gasteiger partial charge in [-0.05, 0) is 23.6 Å². The SMILES string of the molecule is CC/C(=C\C(=O)O)c1cccc(Cl)c1Cl. The molecule has 4 heteroatoms. The number of halogens is 2. The molecule has 0 saturated carbocycles. The number of aliphatic carboxylic acids is 1. The molecule has 1 rings (SSSR count). The molecule has 0 atom stereocenters. The van der Waals surface area contributed by atoms with Crippen LogP contribution in [0, 0.1) is 0 Å². The molecule has 0 aliphatic heterocycles. The van der Waals surface area contributed by atoms with Crippen molar-refractivity contribution in [3.05, 3.63) is 39.9 Å². The molecule has 0 aliphatic carbocycles. The van der Waals surface area contributed by atoms with Gasteiger partial charge in [-0.25, -0.2) is 4.79 Å². The van der Waals surface area contributed by atoms with Crippen LogP contribution in [0.15, 0.2) is 24.3 Å². The van der Waals surface area contributed by atoms with Crippen molar-refractivity contribution >= 4 is 34.7 Å². The fourth-order valence-corrected chi connectivity index (χ4v) is 1.69. The summed E-state index contributed by atoms with van der Waals surface area (Å²) in [6.07, 6.45) is 1.74. The van der Waals surface area contributed by atoms with Crippen LogP contribution in [0.1, 0.15) is 18.9 Å². The van der Waals surface area contributed by atoms with E-state index in [1.165, 1.54) is 0 Å². The van der Waals surface area contributed by atoms with Crippen LogP contribution in [-0.2, 0) is 4.79 Å². The van der Waals surface area contributed by atoms with Crippen molar-refractivity contribution in [1.29, 1.82) is 0 Å². The number of benzene rings is 1. The summed E-state index contributed by atoms with van der Waals surface area (Å²) in [5.41, 5.74) is 1.34. The highest BCUT2D eigenvalue weighted by atomic mass is 35.5. The fourth-order valence-electron chi connectivity index (χ4n) is 1.27. The van der Waals surface area contributed by atoms with E-state index in [1.54, 1.807) is 18.2 Å². The van der Waals surface area contributed by atoms with Crippen molar-refractivity contribution in [1.82, 2.24) is 0 Å². The zero-order chi connectivity index (χ0) is 11.4. The highest BCUT2D eigenvalue weighted by molar-refractivity contribution is 6.43. The maximum atomic E-state index is 10.6. The minimum Gasteiger partial charge on any atom is -0.478 e. The van der Waals surface area contributed by atoms with Gasteiger partial charge in [-0.2, -0.15) is 0 Å². The Labute approximate surface area is 98.1 Å². The number of carboxylic acids is 1. The van der Waals surface area contributed by atoms with E-state index >= 15 is 0 Å². The van der Waals surface area contributed by atoms with E-state index in [1.807, 2.05) is 6.92 Å². The summed E-state index contributed by atoms with van der Waals surface area (Å²) in [4.78, 5) is 10.6. The second kappa shape index (κ2) is 5.19. The summed E-state index contributed by atoms with van der Waals surface area (Å²) in [5.74, 6) is -0.983. The summed E-state index contributed by atoms with van der Waals surface area (Å²) in [7, 11) is 0. The molecular formula is C11H10Cl2O2. The van der Waals surface area contributed by atoms with Crippen molar-refractivity contribution in [3.8, 4) is 0 Å². The maximum Gasteiger partial charge on any atom is 0.328 e. The Morgan fingerprint density at radius 2 is 2.13 bits per heavy atom. The van der Waals surface area contributed by atoms with Crippen molar-refractivity contribution in [2.24, 2.45) is 0 Å². The maximum absolute atomic E-state index is 10.6. The summed E-state index contributed by atoms with van der Waals surface area (Å²) in [5, 5.41) is 9.51. The standard InChI is InChI=1S/C11H10Cl2O2/c1-2-7(6-10(14)15)8-4-3-5-9(12)11(8)13/h3-6H,2H2,1H3,(H,14,15)/b7-6+. The van der Waals surface area contributed by atoms with Crippen molar-refractivity contribution in [2.75, 3.05) is 0 Å². The predicted octanol–water partition coefficient (Wildman–Crippen LogP) is 3.87. The normalized spacial score (nSPS) is 11.5. The van der Waals surface area contributed by atoms with Gasteiger partial charge in [-0.15, -0.1) is 0 Å². The monoisotopic (exact) mass is 244 g/mol. The number of carboxylic acid groups (broad SMARTS) is 1. The third kappa shape index (κ3) is 2.98. The van der Waals surface area contributed by atoms with Gasteiger partial charge in [-0.1, -0.05) is 42.3 Å². The Balaban J connectivity index is 3.24. The van der Waals surface area contributed by atoms with Gasteiger partial charge in [0.2, 0.25) is 0 Å². The van der Waals surface area contributed by atoms with Crippen LogP contribution in [0.4, 0.5) is 0 Å².